The van der Waals surface area contributed by atoms with Crippen molar-refractivity contribution < 1.29 is 0 Å². The highest BCUT2D eigenvalue weighted by Crippen LogP contribution is 2.24. The molecule has 0 spiro atoms. The number of nitrogens with one attached hydrogen (secondary N) is 2. The van der Waals surface area contributed by atoms with Crippen molar-refractivity contribution in [1.29, 1.82) is 0 Å². The van der Waals surface area contributed by atoms with E-state index in [2.05, 4.69) is 15.6 Å². The lowest BCUT2D eigenvalue weighted by Crippen LogP contribution is -2.01. The molecule has 1 heterocycles. The van der Waals surface area contributed by atoms with Gasteiger partial charge in [0.1, 0.15) is 0 Å². The van der Waals surface area contributed by atoms with E-state index < -0.39 is 0 Å². The third-order valence-corrected chi connectivity index (χ3v) is 2.39. The first kappa shape index (κ1) is 11.3. The highest BCUT2D eigenvalue weighted by molar-refractivity contribution is 5.73. The highest BCUT2D eigenvalue weighted by atomic mass is 14.9. The van der Waals surface area contributed by atoms with Crippen LogP contribution in [0.3, 0.4) is 0 Å². The molecule has 0 atom stereocenters. The molecule has 0 amide bonds. The summed E-state index contributed by atoms with van der Waals surface area (Å²) in [5, 5.41) is 6.47. The highest BCUT2D eigenvalue weighted by Gasteiger charge is 2.00. The van der Waals surface area contributed by atoms with Crippen LogP contribution in [-0.4, -0.2) is 11.5 Å². The molecule has 0 aliphatic rings. The molecule has 4 N–H and O–H groups in total. The maximum atomic E-state index is 5.95. The van der Waals surface area contributed by atoms with Crippen molar-refractivity contribution in [3.63, 3.8) is 0 Å². The predicted molar refractivity (Wildman–Crippen MR) is 72.5 cm³/mol. The quantitative estimate of drug-likeness (QED) is 0.704. The van der Waals surface area contributed by atoms with Crippen LogP contribution in [-0.2, 0) is 0 Å². The van der Waals surface area contributed by atoms with Crippen molar-refractivity contribution in [3.05, 3.63) is 42.7 Å². The fourth-order valence-electron chi connectivity index (χ4n) is 1.59. The topological polar surface area (TPSA) is 63.0 Å². The number of benzene rings is 1. The third-order valence-electron chi connectivity index (χ3n) is 2.39. The van der Waals surface area contributed by atoms with Gasteiger partial charge in [-0.25, -0.2) is 0 Å². The van der Waals surface area contributed by atoms with Crippen LogP contribution in [0, 0.1) is 0 Å². The van der Waals surface area contributed by atoms with Crippen LogP contribution >= 0.6 is 0 Å². The first-order valence-corrected chi connectivity index (χ1v) is 5.60. The molecule has 1 aromatic heterocycles. The number of pyridine rings is 1. The second-order valence-electron chi connectivity index (χ2n) is 3.69. The van der Waals surface area contributed by atoms with E-state index in [1.165, 1.54) is 0 Å². The maximum absolute atomic E-state index is 5.95. The van der Waals surface area contributed by atoms with Crippen LogP contribution in [0.15, 0.2) is 42.7 Å². The minimum atomic E-state index is 0.742. The van der Waals surface area contributed by atoms with Crippen molar-refractivity contribution >= 4 is 22.7 Å². The fourth-order valence-corrected chi connectivity index (χ4v) is 1.59. The fraction of sp³-hybridized carbons (Fsp3) is 0.154. The Kier molecular flexibility index (Phi) is 3.45. The molecule has 4 heteroatoms. The Morgan fingerprint density at radius 3 is 2.53 bits per heavy atom. The summed E-state index contributed by atoms with van der Waals surface area (Å²) in [5.41, 5.74) is 9.62. The zero-order chi connectivity index (χ0) is 12.1. The lowest BCUT2D eigenvalue weighted by molar-refractivity contribution is 1.21. The molecule has 0 saturated heterocycles. The summed E-state index contributed by atoms with van der Waals surface area (Å²) >= 11 is 0. The van der Waals surface area contributed by atoms with E-state index in [-0.39, 0.29) is 0 Å². The van der Waals surface area contributed by atoms with Crippen LogP contribution in [0.2, 0.25) is 0 Å². The van der Waals surface area contributed by atoms with Gasteiger partial charge in [-0.2, -0.15) is 0 Å². The molecule has 17 heavy (non-hydrogen) atoms. The van der Waals surface area contributed by atoms with Gasteiger partial charge in [-0.05, 0) is 37.3 Å². The van der Waals surface area contributed by atoms with Crippen molar-refractivity contribution in [2.45, 2.75) is 6.92 Å². The molecular formula is C13H16N4. The van der Waals surface area contributed by atoms with Crippen molar-refractivity contribution in [2.75, 3.05) is 22.9 Å². The lowest BCUT2D eigenvalue weighted by atomic mass is 10.2. The minimum absolute atomic E-state index is 0.742. The average molecular weight is 228 g/mol. The van der Waals surface area contributed by atoms with E-state index in [9.17, 15) is 0 Å². The number of rotatable bonds is 4. The number of nitrogens with two attached hydrogens (primary N) is 1. The van der Waals surface area contributed by atoms with E-state index in [4.69, 9.17) is 5.73 Å². The number of anilines is 4. The normalized spacial score (nSPS) is 9.94. The first-order valence-electron chi connectivity index (χ1n) is 5.60. The SMILES string of the molecule is CCNc1ccc(Nc2ccncc2)cc1N. The Hall–Kier alpha value is -2.23. The Morgan fingerprint density at radius 1 is 1.12 bits per heavy atom. The monoisotopic (exact) mass is 228 g/mol. The van der Waals surface area contributed by atoms with Crippen molar-refractivity contribution in [1.82, 2.24) is 4.98 Å². The third kappa shape index (κ3) is 2.87. The summed E-state index contributed by atoms with van der Waals surface area (Å²) in [6.45, 7) is 2.91. The molecule has 4 nitrogen and oxygen atoms in total. The van der Waals surface area contributed by atoms with E-state index in [1.54, 1.807) is 12.4 Å². The largest absolute Gasteiger partial charge is 0.397 e. The van der Waals surface area contributed by atoms with Crippen LogP contribution in [0.25, 0.3) is 0 Å². The lowest BCUT2D eigenvalue weighted by Gasteiger charge is -2.11. The van der Waals surface area contributed by atoms with Gasteiger partial charge in [0.25, 0.3) is 0 Å². The Balaban J connectivity index is 2.15. The molecule has 2 rings (SSSR count). The summed E-state index contributed by atoms with van der Waals surface area (Å²) in [6.07, 6.45) is 3.50. The Bertz CT molecular complexity index is 482. The average Bonchev–Trinajstić information content (AvgIpc) is 2.34. The zero-order valence-electron chi connectivity index (χ0n) is 9.77. The van der Waals surface area contributed by atoms with E-state index in [0.717, 1.165) is 29.3 Å². The van der Waals surface area contributed by atoms with E-state index in [1.807, 2.05) is 37.3 Å². The van der Waals surface area contributed by atoms with Crippen molar-refractivity contribution in [3.8, 4) is 0 Å². The second kappa shape index (κ2) is 5.21. The summed E-state index contributed by atoms with van der Waals surface area (Å²) in [6, 6.07) is 9.71. The molecular weight excluding hydrogens is 212 g/mol. The smallest absolute Gasteiger partial charge is 0.0575 e. The standard InChI is InChI=1S/C13H16N4/c1-2-16-13-4-3-11(9-12(13)14)17-10-5-7-15-8-6-10/h3-9,16H,2,14H2,1H3,(H,15,17). The van der Waals surface area contributed by atoms with Gasteiger partial charge in [-0.3, -0.25) is 4.98 Å². The summed E-state index contributed by atoms with van der Waals surface area (Å²) in [4.78, 5) is 3.97. The number of nitrogens with zero attached hydrogens (tertiary/aromatic N) is 1. The van der Waals surface area contributed by atoms with Crippen LogP contribution in [0.4, 0.5) is 22.7 Å². The van der Waals surface area contributed by atoms with Gasteiger partial charge in [-0.15, -0.1) is 0 Å². The maximum Gasteiger partial charge on any atom is 0.0575 e. The zero-order valence-corrected chi connectivity index (χ0v) is 9.77. The van der Waals surface area contributed by atoms with Gasteiger partial charge >= 0.3 is 0 Å². The molecule has 1 aromatic carbocycles. The molecule has 2 aromatic rings. The summed E-state index contributed by atoms with van der Waals surface area (Å²) in [5.74, 6) is 0. The molecule has 0 unspecified atom stereocenters. The van der Waals surface area contributed by atoms with Crippen LogP contribution in [0.5, 0.6) is 0 Å². The van der Waals surface area contributed by atoms with Gasteiger partial charge in [0, 0.05) is 30.3 Å². The van der Waals surface area contributed by atoms with Gasteiger partial charge in [0.05, 0.1) is 11.4 Å². The molecule has 0 saturated carbocycles. The number of aromatic nitrogens is 1. The second-order valence-corrected chi connectivity index (χ2v) is 3.69. The Morgan fingerprint density at radius 2 is 1.88 bits per heavy atom. The van der Waals surface area contributed by atoms with Gasteiger partial charge in [-0.1, -0.05) is 0 Å². The molecule has 0 fully saturated rings. The Labute approximate surface area is 101 Å². The molecule has 0 bridgehead atoms. The molecule has 88 valence electrons. The predicted octanol–water partition coefficient (Wildman–Crippen LogP) is 2.84. The summed E-state index contributed by atoms with van der Waals surface area (Å²) in [7, 11) is 0. The summed E-state index contributed by atoms with van der Waals surface area (Å²) < 4.78 is 0. The number of nitrogen functional groups attached to an aromatic ring is 1. The van der Waals surface area contributed by atoms with Crippen LogP contribution < -0.4 is 16.4 Å². The van der Waals surface area contributed by atoms with Crippen LogP contribution in [0.1, 0.15) is 6.92 Å². The van der Waals surface area contributed by atoms with Crippen molar-refractivity contribution in [2.24, 2.45) is 0 Å². The number of hydrogen-bond acceptors (Lipinski definition) is 4. The van der Waals surface area contributed by atoms with Gasteiger partial charge in [0.2, 0.25) is 0 Å². The molecule has 0 radical (unpaired) electrons. The minimum Gasteiger partial charge on any atom is -0.397 e. The van der Waals surface area contributed by atoms with Gasteiger partial charge in [0.15, 0.2) is 0 Å². The number of hydrogen-bond donors (Lipinski definition) is 3. The van der Waals surface area contributed by atoms with E-state index >= 15 is 0 Å². The van der Waals surface area contributed by atoms with E-state index in [0.29, 0.717) is 0 Å². The first-order chi connectivity index (χ1) is 8.29. The van der Waals surface area contributed by atoms with Gasteiger partial charge < -0.3 is 16.4 Å². The molecule has 0 aliphatic heterocycles. The molecule has 0 aliphatic carbocycles.